The number of aryl methyl sites for hydroxylation is 2. The zero-order valence-electron chi connectivity index (χ0n) is 10.2. The summed E-state index contributed by atoms with van der Waals surface area (Å²) in [4.78, 5) is 0. The molecule has 1 aromatic rings. The first-order valence-electron chi connectivity index (χ1n) is 5.46. The van der Waals surface area contributed by atoms with Gasteiger partial charge in [-0.25, -0.2) is 0 Å². The number of aliphatic hydroxyl groups is 1. The summed E-state index contributed by atoms with van der Waals surface area (Å²) in [7, 11) is 0. The smallest absolute Gasteiger partial charge is 0.119 e. The molecule has 86 valence electrons. The van der Waals surface area contributed by atoms with Crippen LogP contribution in [0.5, 0.6) is 5.75 Å². The molecule has 0 atom stereocenters. The molecule has 1 N–H and O–H groups in total. The third-order valence-corrected chi connectivity index (χ3v) is 2.01. The van der Waals surface area contributed by atoms with Gasteiger partial charge in [-0.2, -0.15) is 0 Å². The molecule has 0 saturated heterocycles. The Balaban J connectivity index is 0.000000423. The summed E-state index contributed by atoms with van der Waals surface area (Å²) in [6.45, 7) is 9.18. The minimum absolute atomic E-state index is 0.319. The summed E-state index contributed by atoms with van der Waals surface area (Å²) in [5.74, 6) is 0.968. The molecule has 0 aliphatic heterocycles. The topological polar surface area (TPSA) is 29.5 Å². The van der Waals surface area contributed by atoms with Crippen molar-refractivity contribution in [1.82, 2.24) is 0 Å². The Morgan fingerprint density at radius 2 is 1.73 bits per heavy atom. The lowest BCUT2D eigenvalue weighted by atomic mass is 10.1. The number of hydrogen-bond acceptors (Lipinski definition) is 2. The summed E-state index contributed by atoms with van der Waals surface area (Å²) in [5.41, 5.74) is 2.60. The van der Waals surface area contributed by atoms with E-state index < -0.39 is 0 Å². The summed E-state index contributed by atoms with van der Waals surface area (Å²) in [6.07, 6.45) is 0.875. The van der Waals surface area contributed by atoms with Gasteiger partial charge in [0, 0.05) is 6.61 Å². The predicted octanol–water partition coefficient (Wildman–Crippen LogP) is 3.09. The Labute approximate surface area is 92.9 Å². The maximum atomic E-state index is 7.88. The molecular formula is C13H22O2. The Bertz CT molecular complexity index is 267. The zero-order chi connectivity index (χ0) is 11.7. The van der Waals surface area contributed by atoms with Crippen molar-refractivity contribution in [2.75, 3.05) is 13.2 Å². The molecule has 0 bridgehead atoms. The standard InChI is InChI=1S/C10H14O.C3H8O/c1-4-11-10-6-5-8(2)9(3)7-10;1-2-3-4/h5-7H,4H2,1-3H3;4H,2-3H2,1H3. The highest BCUT2D eigenvalue weighted by Gasteiger charge is 1.94. The van der Waals surface area contributed by atoms with E-state index in [2.05, 4.69) is 26.0 Å². The molecule has 15 heavy (non-hydrogen) atoms. The number of ether oxygens (including phenoxy) is 1. The van der Waals surface area contributed by atoms with E-state index in [0.29, 0.717) is 6.61 Å². The van der Waals surface area contributed by atoms with E-state index in [1.54, 1.807) is 0 Å². The number of rotatable bonds is 3. The summed E-state index contributed by atoms with van der Waals surface area (Å²) < 4.78 is 5.34. The highest BCUT2D eigenvalue weighted by molar-refractivity contribution is 5.33. The molecule has 1 rings (SSSR count). The van der Waals surface area contributed by atoms with Gasteiger partial charge in [0.05, 0.1) is 6.61 Å². The van der Waals surface area contributed by atoms with Crippen LogP contribution in [0.3, 0.4) is 0 Å². The van der Waals surface area contributed by atoms with Crippen molar-refractivity contribution in [2.45, 2.75) is 34.1 Å². The van der Waals surface area contributed by atoms with Crippen molar-refractivity contribution >= 4 is 0 Å². The van der Waals surface area contributed by atoms with Gasteiger partial charge in [0.2, 0.25) is 0 Å². The third kappa shape index (κ3) is 6.13. The fourth-order valence-electron chi connectivity index (χ4n) is 0.970. The third-order valence-electron chi connectivity index (χ3n) is 2.01. The van der Waals surface area contributed by atoms with Crippen LogP contribution >= 0.6 is 0 Å². The molecule has 0 spiro atoms. The van der Waals surface area contributed by atoms with Crippen LogP contribution in [0.15, 0.2) is 18.2 Å². The first-order valence-corrected chi connectivity index (χ1v) is 5.46. The maximum Gasteiger partial charge on any atom is 0.119 e. The monoisotopic (exact) mass is 210 g/mol. The molecule has 2 nitrogen and oxygen atoms in total. The molecular weight excluding hydrogens is 188 g/mol. The second-order valence-electron chi connectivity index (χ2n) is 3.40. The molecule has 0 heterocycles. The molecule has 1 aromatic carbocycles. The van der Waals surface area contributed by atoms with E-state index in [9.17, 15) is 0 Å². The van der Waals surface area contributed by atoms with Gasteiger partial charge in [-0.1, -0.05) is 13.0 Å². The van der Waals surface area contributed by atoms with Crippen LogP contribution in [0, 0.1) is 13.8 Å². The average molecular weight is 210 g/mol. The predicted molar refractivity (Wildman–Crippen MR) is 64.5 cm³/mol. The van der Waals surface area contributed by atoms with Crippen LogP contribution in [0.2, 0.25) is 0 Å². The molecule has 0 fully saturated rings. The van der Waals surface area contributed by atoms with Gasteiger partial charge in [0.1, 0.15) is 5.75 Å². The van der Waals surface area contributed by atoms with Crippen LogP contribution in [-0.4, -0.2) is 18.3 Å². The number of benzene rings is 1. The van der Waals surface area contributed by atoms with Crippen molar-refractivity contribution < 1.29 is 9.84 Å². The van der Waals surface area contributed by atoms with Crippen LogP contribution in [0.4, 0.5) is 0 Å². The quantitative estimate of drug-likeness (QED) is 0.830. The highest BCUT2D eigenvalue weighted by Crippen LogP contribution is 2.15. The summed E-state index contributed by atoms with van der Waals surface area (Å²) in [6, 6.07) is 6.16. The summed E-state index contributed by atoms with van der Waals surface area (Å²) in [5, 5.41) is 7.88. The van der Waals surface area contributed by atoms with E-state index in [0.717, 1.165) is 18.8 Å². The van der Waals surface area contributed by atoms with E-state index in [-0.39, 0.29) is 0 Å². The van der Waals surface area contributed by atoms with Crippen molar-refractivity contribution in [3.8, 4) is 5.75 Å². The first kappa shape index (κ1) is 14.0. The Kier molecular flexibility index (Phi) is 7.74. The van der Waals surface area contributed by atoms with E-state index in [1.807, 2.05) is 19.9 Å². The van der Waals surface area contributed by atoms with E-state index in [4.69, 9.17) is 9.84 Å². The van der Waals surface area contributed by atoms with Crippen LogP contribution in [-0.2, 0) is 0 Å². The van der Waals surface area contributed by atoms with Gasteiger partial charge in [-0.15, -0.1) is 0 Å². The van der Waals surface area contributed by atoms with Crippen LogP contribution in [0.25, 0.3) is 0 Å². The van der Waals surface area contributed by atoms with Crippen LogP contribution < -0.4 is 4.74 Å². The van der Waals surface area contributed by atoms with Gasteiger partial charge in [-0.05, 0) is 50.5 Å². The van der Waals surface area contributed by atoms with Crippen molar-refractivity contribution in [3.63, 3.8) is 0 Å². The minimum Gasteiger partial charge on any atom is -0.494 e. The fourth-order valence-corrected chi connectivity index (χ4v) is 0.970. The molecule has 0 aliphatic rings. The SMILES string of the molecule is CCCO.CCOc1ccc(C)c(C)c1. The lowest BCUT2D eigenvalue weighted by Gasteiger charge is -2.04. The van der Waals surface area contributed by atoms with Gasteiger partial charge < -0.3 is 9.84 Å². The van der Waals surface area contributed by atoms with Gasteiger partial charge in [-0.3, -0.25) is 0 Å². The second kappa shape index (κ2) is 8.30. The number of hydrogen-bond donors (Lipinski definition) is 1. The molecule has 0 unspecified atom stereocenters. The highest BCUT2D eigenvalue weighted by atomic mass is 16.5. The van der Waals surface area contributed by atoms with Gasteiger partial charge in [0.25, 0.3) is 0 Å². The lowest BCUT2D eigenvalue weighted by Crippen LogP contribution is -1.92. The van der Waals surface area contributed by atoms with E-state index >= 15 is 0 Å². The largest absolute Gasteiger partial charge is 0.494 e. The van der Waals surface area contributed by atoms with Crippen LogP contribution in [0.1, 0.15) is 31.4 Å². The number of aliphatic hydroxyl groups excluding tert-OH is 1. The fraction of sp³-hybridized carbons (Fsp3) is 0.538. The molecule has 0 radical (unpaired) electrons. The van der Waals surface area contributed by atoms with Crippen molar-refractivity contribution in [2.24, 2.45) is 0 Å². The first-order chi connectivity index (χ1) is 7.15. The average Bonchev–Trinajstić information content (AvgIpc) is 2.24. The van der Waals surface area contributed by atoms with Crippen molar-refractivity contribution in [1.29, 1.82) is 0 Å². The summed E-state index contributed by atoms with van der Waals surface area (Å²) >= 11 is 0. The van der Waals surface area contributed by atoms with Gasteiger partial charge >= 0.3 is 0 Å². The Morgan fingerprint density at radius 3 is 2.13 bits per heavy atom. The maximum absolute atomic E-state index is 7.88. The lowest BCUT2D eigenvalue weighted by molar-refractivity contribution is 0.295. The Morgan fingerprint density at radius 1 is 1.13 bits per heavy atom. The Hall–Kier alpha value is -1.02. The van der Waals surface area contributed by atoms with E-state index in [1.165, 1.54) is 11.1 Å². The second-order valence-corrected chi connectivity index (χ2v) is 3.40. The zero-order valence-corrected chi connectivity index (χ0v) is 10.2. The van der Waals surface area contributed by atoms with Gasteiger partial charge in [0.15, 0.2) is 0 Å². The molecule has 0 amide bonds. The molecule has 0 aliphatic carbocycles. The minimum atomic E-state index is 0.319. The molecule has 0 aromatic heterocycles. The van der Waals surface area contributed by atoms with Crippen molar-refractivity contribution in [3.05, 3.63) is 29.3 Å². The molecule has 0 saturated carbocycles. The normalized spacial score (nSPS) is 9.13. The molecule has 2 heteroatoms.